The van der Waals surface area contributed by atoms with Crippen LogP contribution in [0.3, 0.4) is 0 Å². The van der Waals surface area contributed by atoms with E-state index in [1.807, 2.05) is 12.1 Å². The van der Waals surface area contributed by atoms with Crippen LogP contribution in [0.15, 0.2) is 42.5 Å². The lowest BCUT2D eigenvalue weighted by Crippen LogP contribution is -2.22. The summed E-state index contributed by atoms with van der Waals surface area (Å²) >= 11 is 0. The largest absolute Gasteiger partial charge is 0.469 e. The first-order valence-corrected chi connectivity index (χ1v) is 6.50. The standard InChI is InChI=1S/C16H19NO2/c1-12(17-11-10-16(18)19-2)14-9-5-7-13-6-3-4-8-15(13)14/h3-9,12,17H,10-11H2,1-2H3. The van der Waals surface area contributed by atoms with Gasteiger partial charge in [0.2, 0.25) is 0 Å². The van der Waals surface area contributed by atoms with Crippen molar-refractivity contribution >= 4 is 16.7 Å². The lowest BCUT2D eigenvalue weighted by molar-refractivity contribution is -0.140. The van der Waals surface area contributed by atoms with Crippen molar-refractivity contribution in [3.05, 3.63) is 48.0 Å². The summed E-state index contributed by atoms with van der Waals surface area (Å²) in [5, 5.41) is 5.85. The van der Waals surface area contributed by atoms with Crippen LogP contribution in [0.4, 0.5) is 0 Å². The molecule has 2 rings (SSSR count). The average molecular weight is 257 g/mol. The van der Waals surface area contributed by atoms with Crippen LogP contribution in [0, 0.1) is 0 Å². The zero-order valence-corrected chi connectivity index (χ0v) is 11.3. The van der Waals surface area contributed by atoms with Crippen molar-refractivity contribution in [2.75, 3.05) is 13.7 Å². The van der Waals surface area contributed by atoms with Crippen LogP contribution in [-0.4, -0.2) is 19.6 Å². The van der Waals surface area contributed by atoms with Gasteiger partial charge in [0.1, 0.15) is 0 Å². The van der Waals surface area contributed by atoms with Crippen molar-refractivity contribution in [3.8, 4) is 0 Å². The molecular weight excluding hydrogens is 238 g/mol. The quantitative estimate of drug-likeness (QED) is 0.837. The van der Waals surface area contributed by atoms with Gasteiger partial charge in [-0.3, -0.25) is 4.79 Å². The number of methoxy groups -OCH3 is 1. The van der Waals surface area contributed by atoms with Crippen LogP contribution in [0.25, 0.3) is 10.8 Å². The van der Waals surface area contributed by atoms with Gasteiger partial charge < -0.3 is 10.1 Å². The van der Waals surface area contributed by atoms with Crippen molar-refractivity contribution in [2.45, 2.75) is 19.4 Å². The fourth-order valence-electron chi connectivity index (χ4n) is 2.23. The topological polar surface area (TPSA) is 38.3 Å². The molecule has 0 aliphatic heterocycles. The third-order valence-corrected chi connectivity index (χ3v) is 3.30. The molecule has 3 nitrogen and oxygen atoms in total. The highest BCUT2D eigenvalue weighted by atomic mass is 16.5. The minimum atomic E-state index is -0.183. The predicted molar refractivity (Wildman–Crippen MR) is 77.0 cm³/mol. The summed E-state index contributed by atoms with van der Waals surface area (Å²) in [5.41, 5.74) is 1.25. The van der Waals surface area contributed by atoms with Crippen molar-refractivity contribution in [2.24, 2.45) is 0 Å². The Morgan fingerprint density at radius 2 is 1.95 bits per heavy atom. The molecule has 0 fully saturated rings. The smallest absolute Gasteiger partial charge is 0.306 e. The van der Waals surface area contributed by atoms with Gasteiger partial charge in [-0.05, 0) is 23.3 Å². The molecular formula is C16H19NO2. The second-order valence-electron chi connectivity index (χ2n) is 4.57. The number of esters is 1. The lowest BCUT2D eigenvalue weighted by atomic mass is 10.00. The molecule has 2 aromatic rings. The molecule has 0 heterocycles. The van der Waals surface area contributed by atoms with Gasteiger partial charge in [0.05, 0.1) is 13.5 Å². The SMILES string of the molecule is COC(=O)CCNC(C)c1cccc2ccccc12. The van der Waals surface area contributed by atoms with Crippen molar-refractivity contribution in [1.82, 2.24) is 5.32 Å². The molecule has 0 bridgehead atoms. The van der Waals surface area contributed by atoms with Crippen LogP contribution >= 0.6 is 0 Å². The van der Waals surface area contributed by atoms with Crippen molar-refractivity contribution < 1.29 is 9.53 Å². The first-order valence-electron chi connectivity index (χ1n) is 6.50. The minimum Gasteiger partial charge on any atom is -0.469 e. The highest BCUT2D eigenvalue weighted by molar-refractivity contribution is 5.86. The predicted octanol–water partition coefficient (Wildman–Crippen LogP) is 3.05. The molecule has 0 radical (unpaired) electrons. The summed E-state index contributed by atoms with van der Waals surface area (Å²) in [6.07, 6.45) is 0.394. The van der Waals surface area contributed by atoms with E-state index in [4.69, 9.17) is 0 Å². The van der Waals surface area contributed by atoms with Gasteiger partial charge in [-0.15, -0.1) is 0 Å². The van der Waals surface area contributed by atoms with E-state index < -0.39 is 0 Å². The van der Waals surface area contributed by atoms with E-state index in [0.717, 1.165) is 0 Å². The molecule has 2 aromatic carbocycles. The van der Waals surface area contributed by atoms with Crippen LogP contribution in [0.1, 0.15) is 24.9 Å². The highest BCUT2D eigenvalue weighted by Gasteiger charge is 2.09. The molecule has 1 atom stereocenters. The lowest BCUT2D eigenvalue weighted by Gasteiger charge is -2.16. The number of fused-ring (bicyclic) bond motifs is 1. The molecule has 1 unspecified atom stereocenters. The van der Waals surface area contributed by atoms with Crippen molar-refractivity contribution in [1.29, 1.82) is 0 Å². The fourth-order valence-corrected chi connectivity index (χ4v) is 2.23. The molecule has 1 N–H and O–H groups in total. The third-order valence-electron chi connectivity index (χ3n) is 3.30. The third kappa shape index (κ3) is 3.32. The summed E-state index contributed by atoms with van der Waals surface area (Å²) in [6, 6.07) is 14.8. The van der Waals surface area contributed by atoms with E-state index in [0.29, 0.717) is 13.0 Å². The normalized spacial score (nSPS) is 12.3. The number of carbonyl (C=O) groups excluding carboxylic acids is 1. The number of carbonyl (C=O) groups is 1. The van der Waals surface area contributed by atoms with E-state index in [1.165, 1.54) is 23.4 Å². The Kier molecular flexibility index (Phi) is 4.53. The van der Waals surface area contributed by atoms with Crippen LogP contribution < -0.4 is 5.32 Å². The summed E-state index contributed by atoms with van der Waals surface area (Å²) in [6.45, 7) is 2.73. The maximum atomic E-state index is 11.1. The number of ether oxygens (including phenoxy) is 1. The van der Waals surface area contributed by atoms with Gasteiger partial charge in [0.15, 0.2) is 0 Å². The van der Waals surface area contributed by atoms with Crippen LogP contribution in [0.5, 0.6) is 0 Å². The van der Waals surface area contributed by atoms with Gasteiger partial charge in [-0.1, -0.05) is 42.5 Å². The van der Waals surface area contributed by atoms with E-state index in [-0.39, 0.29) is 12.0 Å². The monoisotopic (exact) mass is 257 g/mol. The van der Waals surface area contributed by atoms with E-state index >= 15 is 0 Å². The molecule has 3 heteroatoms. The minimum absolute atomic E-state index is 0.183. The second kappa shape index (κ2) is 6.34. The summed E-state index contributed by atoms with van der Waals surface area (Å²) in [7, 11) is 1.41. The second-order valence-corrected chi connectivity index (χ2v) is 4.57. The molecule has 0 saturated heterocycles. The molecule has 0 aliphatic carbocycles. The van der Waals surface area contributed by atoms with E-state index in [2.05, 4.69) is 47.3 Å². The summed E-state index contributed by atoms with van der Waals surface area (Å²) < 4.78 is 4.63. The first kappa shape index (κ1) is 13.6. The van der Waals surface area contributed by atoms with E-state index in [1.54, 1.807) is 0 Å². The van der Waals surface area contributed by atoms with Gasteiger partial charge >= 0.3 is 5.97 Å². The molecule has 100 valence electrons. The number of hydrogen-bond acceptors (Lipinski definition) is 3. The Bertz CT molecular complexity index is 560. The molecule has 19 heavy (non-hydrogen) atoms. The zero-order chi connectivity index (χ0) is 13.7. The van der Waals surface area contributed by atoms with Crippen LogP contribution in [-0.2, 0) is 9.53 Å². The maximum absolute atomic E-state index is 11.1. The maximum Gasteiger partial charge on any atom is 0.306 e. The molecule has 0 aliphatic rings. The molecule has 0 amide bonds. The number of hydrogen-bond donors (Lipinski definition) is 1. The number of benzene rings is 2. The van der Waals surface area contributed by atoms with Gasteiger partial charge in [0.25, 0.3) is 0 Å². The average Bonchev–Trinajstić information content (AvgIpc) is 2.46. The molecule has 0 aromatic heterocycles. The highest BCUT2D eigenvalue weighted by Crippen LogP contribution is 2.23. The Labute approximate surface area is 113 Å². The number of rotatable bonds is 5. The summed E-state index contributed by atoms with van der Waals surface area (Å²) in [4.78, 5) is 11.1. The van der Waals surface area contributed by atoms with Crippen molar-refractivity contribution in [3.63, 3.8) is 0 Å². The van der Waals surface area contributed by atoms with Crippen LogP contribution in [0.2, 0.25) is 0 Å². The Balaban J connectivity index is 2.09. The molecule has 0 spiro atoms. The first-order chi connectivity index (χ1) is 9.22. The van der Waals surface area contributed by atoms with Gasteiger partial charge in [-0.25, -0.2) is 0 Å². The van der Waals surface area contributed by atoms with Gasteiger partial charge in [0, 0.05) is 12.6 Å². The Hall–Kier alpha value is -1.87. The molecule has 0 saturated carbocycles. The zero-order valence-electron chi connectivity index (χ0n) is 11.3. The fraction of sp³-hybridized carbons (Fsp3) is 0.312. The number of nitrogens with one attached hydrogen (secondary N) is 1. The Morgan fingerprint density at radius 3 is 2.74 bits per heavy atom. The Morgan fingerprint density at radius 1 is 1.21 bits per heavy atom. The summed E-state index contributed by atoms with van der Waals surface area (Å²) in [5.74, 6) is -0.183. The van der Waals surface area contributed by atoms with E-state index in [9.17, 15) is 4.79 Å². The van der Waals surface area contributed by atoms with Gasteiger partial charge in [-0.2, -0.15) is 0 Å².